The van der Waals surface area contributed by atoms with Crippen molar-refractivity contribution in [1.82, 2.24) is 0 Å². The third-order valence-corrected chi connectivity index (χ3v) is 3.86. The smallest absolute Gasteiger partial charge is 0.336 e. The van der Waals surface area contributed by atoms with Crippen LogP contribution in [0.5, 0.6) is 5.75 Å². The predicted octanol–water partition coefficient (Wildman–Crippen LogP) is 5.05. The van der Waals surface area contributed by atoms with E-state index in [-0.39, 0.29) is 5.57 Å². The van der Waals surface area contributed by atoms with Gasteiger partial charge in [-0.3, -0.25) is 0 Å². The minimum Gasteiger partial charge on any atom is -0.494 e. The monoisotopic (exact) mass is 324 g/mol. The largest absolute Gasteiger partial charge is 0.494 e. The first-order chi connectivity index (χ1) is 11.6. The molecule has 0 saturated heterocycles. The number of hydrogen-bond donors (Lipinski definition) is 1. The summed E-state index contributed by atoms with van der Waals surface area (Å²) in [6.07, 6.45) is 4.75. The maximum atomic E-state index is 11.6. The van der Waals surface area contributed by atoms with Crippen molar-refractivity contribution < 1.29 is 14.6 Å². The van der Waals surface area contributed by atoms with E-state index in [1.165, 1.54) is 5.56 Å². The zero-order chi connectivity index (χ0) is 17.4. The molecule has 2 aromatic rings. The van der Waals surface area contributed by atoms with Crippen molar-refractivity contribution in [2.75, 3.05) is 6.61 Å². The van der Waals surface area contributed by atoms with E-state index in [0.717, 1.165) is 30.6 Å². The van der Waals surface area contributed by atoms with Crippen molar-refractivity contribution in [1.29, 1.82) is 0 Å². The van der Waals surface area contributed by atoms with Gasteiger partial charge < -0.3 is 9.84 Å². The number of aliphatic carboxylic acids is 1. The summed E-state index contributed by atoms with van der Waals surface area (Å²) in [5.41, 5.74) is 3.03. The van der Waals surface area contributed by atoms with Gasteiger partial charge in [0.2, 0.25) is 0 Å². The Hall–Kier alpha value is -2.55. The van der Waals surface area contributed by atoms with E-state index in [1.807, 2.05) is 48.5 Å². The number of aryl methyl sites for hydroxylation is 1. The lowest BCUT2D eigenvalue weighted by Crippen LogP contribution is -2.00. The Labute approximate surface area is 143 Å². The molecule has 0 aliphatic heterocycles. The van der Waals surface area contributed by atoms with Gasteiger partial charge in [-0.05, 0) is 47.7 Å². The van der Waals surface area contributed by atoms with E-state index in [9.17, 15) is 9.90 Å². The van der Waals surface area contributed by atoms with Crippen molar-refractivity contribution in [3.05, 3.63) is 65.2 Å². The van der Waals surface area contributed by atoms with Gasteiger partial charge in [0.05, 0.1) is 12.2 Å². The molecule has 0 spiro atoms. The van der Waals surface area contributed by atoms with Gasteiger partial charge in [0.15, 0.2) is 0 Å². The first kappa shape index (κ1) is 17.8. The number of rotatable bonds is 8. The molecule has 0 bridgehead atoms. The molecule has 0 amide bonds. The number of ether oxygens (including phenoxy) is 1. The SMILES string of the molecule is CCCCOc1ccc(/C=C(\C(=O)O)c2ccc(CC)cc2)cc1. The van der Waals surface area contributed by atoms with E-state index >= 15 is 0 Å². The highest BCUT2D eigenvalue weighted by atomic mass is 16.5. The third kappa shape index (κ3) is 4.98. The topological polar surface area (TPSA) is 46.5 Å². The van der Waals surface area contributed by atoms with Gasteiger partial charge in [0.1, 0.15) is 5.75 Å². The quantitative estimate of drug-likeness (QED) is 0.420. The fraction of sp³-hybridized carbons (Fsp3) is 0.286. The van der Waals surface area contributed by atoms with Crippen LogP contribution < -0.4 is 4.74 Å². The van der Waals surface area contributed by atoms with E-state index in [1.54, 1.807) is 6.08 Å². The Balaban J connectivity index is 2.19. The Morgan fingerprint density at radius 2 is 1.71 bits per heavy atom. The van der Waals surface area contributed by atoms with Gasteiger partial charge in [-0.2, -0.15) is 0 Å². The van der Waals surface area contributed by atoms with Crippen LogP contribution in [0.15, 0.2) is 48.5 Å². The van der Waals surface area contributed by atoms with Crippen LogP contribution in [-0.2, 0) is 11.2 Å². The van der Waals surface area contributed by atoms with Crippen molar-refractivity contribution in [3.63, 3.8) is 0 Å². The second-order valence-corrected chi connectivity index (χ2v) is 5.68. The van der Waals surface area contributed by atoms with Crippen LogP contribution in [-0.4, -0.2) is 17.7 Å². The molecule has 24 heavy (non-hydrogen) atoms. The molecule has 0 saturated carbocycles. The van der Waals surface area contributed by atoms with Gasteiger partial charge >= 0.3 is 5.97 Å². The molecular formula is C21H24O3. The van der Waals surface area contributed by atoms with Crippen LogP contribution in [0.4, 0.5) is 0 Å². The first-order valence-electron chi connectivity index (χ1n) is 8.41. The van der Waals surface area contributed by atoms with Gasteiger partial charge in [-0.1, -0.05) is 56.7 Å². The summed E-state index contributed by atoms with van der Waals surface area (Å²) in [5, 5.41) is 9.52. The molecule has 1 N–H and O–H groups in total. The molecule has 0 atom stereocenters. The van der Waals surface area contributed by atoms with Crippen molar-refractivity contribution in [2.24, 2.45) is 0 Å². The van der Waals surface area contributed by atoms with E-state index < -0.39 is 5.97 Å². The molecule has 3 nitrogen and oxygen atoms in total. The first-order valence-corrected chi connectivity index (χ1v) is 8.41. The highest BCUT2D eigenvalue weighted by Gasteiger charge is 2.10. The number of benzene rings is 2. The van der Waals surface area contributed by atoms with Crippen LogP contribution in [0, 0.1) is 0 Å². The average Bonchev–Trinajstić information content (AvgIpc) is 2.61. The molecule has 0 unspecified atom stereocenters. The van der Waals surface area contributed by atoms with Gasteiger partial charge in [-0.15, -0.1) is 0 Å². The number of carboxylic acid groups (broad SMARTS) is 1. The molecule has 0 aliphatic carbocycles. The van der Waals surface area contributed by atoms with Crippen LogP contribution in [0.3, 0.4) is 0 Å². The summed E-state index contributed by atoms with van der Waals surface area (Å²) < 4.78 is 5.63. The molecule has 0 aliphatic rings. The lowest BCUT2D eigenvalue weighted by atomic mass is 10.0. The van der Waals surface area contributed by atoms with Crippen LogP contribution in [0.1, 0.15) is 43.4 Å². The summed E-state index contributed by atoms with van der Waals surface area (Å²) >= 11 is 0. The molecule has 0 fully saturated rings. The van der Waals surface area contributed by atoms with E-state index in [2.05, 4.69) is 13.8 Å². The fourth-order valence-electron chi connectivity index (χ4n) is 2.35. The second kappa shape index (κ2) is 8.92. The van der Waals surface area contributed by atoms with Gasteiger partial charge in [-0.25, -0.2) is 4.79 Å². The number of carboxylic acids is 1. The molecule has 2 rings (SSSR count). The molecule has 0 aromatic heterocycles. The number of unbranched alkanes of at least 4 members (excludes halogenated alkanes) is 1. The molecule has 0 radical (unpaired) electrons. The normalized spacial score (nSPS) is 11.3. The molecule has 0 heterocycles. The minimum absolute atomic E-state index is 0.289. The van der Waals surface area contributed by atoms with E-state index in [4.69, 9.17) is 4.74 Å². The van der Waals surface area contributed by atoms with Crippen LogP contribution in [0.2, 0.25) is 0 Å². The lowest BCUT2D eigenvalue weighted by molar-refractivity contribution is -0.130. The maximum Gasteiger partial charge on any atom is 0.336 e. The molecule has 126 valence electrons. The zero-order valence-corrected chi connectivity index (χ0v) is 14.3. The summed E-state index contributed by atoms with van der Waals surface area (Å²) in [7, 11) is 0. The Morgan fingerprint density at radius 1 is 1.04 bits per heavy atom. The number of hydrogen-bond acceptors (Lipinski definition) is 2. The Bertz CT molecular complexity index is 682. The summed E-state index contributed by atoms with van der Waals surface area (Å²) in [4.78, 5) is 11.6. The van der Waals surface area contributed by atoms with Crippen molar-refractivity contribution in [3.8, 4) is 5.75 Å². The summed E-state index contributed by atoms with van der Waals surface area (Å²) in [5.74, 6) is -0.118. The maximum absolute atomic E-state index is 11.6. The Kier molecular flexibility index (Phi) is 6.62. The zero-order valence-electron chi connectivity index (χ0n) is 14.3. The van der Waals surface area contributed by atoms with E-state index in [0.29, 0.717) is 12.2 Å². The van der Waals surface area contributed by atoms with Crippen molar-refractivity contribution in [2.45, 2.75) is 33.1 Å². The summed E-state index contributed by atoms with van der Waals surface area (Å²) in [6.45, 7) is 4.90. The third-order valence-electron chi connectivity index (χ3n) is 3.86. The highest BCUT2D eigenvalue weighted by molar-refractivity contribution is 6.20. The highest BCUT2D eigenvalue weighted by Crippen LogP contribution is 2.21. The van der Waals surface area contributed by atoms with Gasteiger partial charge in [0.25, 0.3) is 0 Å². The van der Waals surface area contributed by atoms with Crippen LogP contribution in [0.25, 0.3) is 11.6 Å². The molecular weight excluding hydrogens is 300 g/mol. The van der Waals surface area contributed by atoms with Crippen LogP contribution >= 0.6 is 0 Å². The molecule has 2 aromatic carbocycles. The fourth-order valence-corrected chi connectivity index (χ4v) is 2.35. The summed E-state index contributed by atoms with van der Waals surface area (Å²) in [6, 6.07) is 15.2. The number of carbonyl (C=O) groups is 1. The second-order valence-electron chi connectivity index (χ2n) is 5.68. The van der Waals surface area contributed by atoms with Crippen molar-refractivity contribution >= 4 is 17.6 Å². The predicted molar refractivity (Wildman–Crippen MR) is 98.2 cm³/mol. The molecule has 3 heteroatoms. The lowest BCUT2D eigenvalue weighted by Gasteiger charge is -2.07. The average molecular weight is 324 g/mol. The minimum atomic E-state index is -0.928. The van der Waals surface area contributed by atoms with Gasteiger partial charge in [0, 0.05) is 0 Å². The standard InChI is InChI=1S/C21H24O3/c1-3-5-14-24-19-12-8-17(9-13-19)15-20(21(22)23)18-10-6-16(4-2)7-11-18/h6-13,15H,3-5,14H2,1-2H3,(H,22,23)/b20-15-. The Morgan fingerprint density at radius 3 is 2.25 bits per heavy atom.